The molecule has 5 heteroatoms. The van der Waals surface area contributed by atoms with Gasteiger partial charge in [-0.1, -0.05) is 6.07 Å². The van der Waals surface area contributed by atoms with Gasteiger partial charge in [-0.15, -0.1) is 0 Å². The fourth-order valence-electron chi connectivity index (χ4n) is 1.85. The van der Waals surface area contributed by atoms with Crippen molar-refractivity contribution in [3.63, 3.8) is 0 Å². The Labute approximate surface area is 118 Å². The van der Waals surface area contributed by atoms with Crippen LogP contribution >= 0.6 is 0 Å². The van der Waals surface area contributed by atoms with Crippen LogP contribution in [0.1, 0.15) is 10.4 Å². The van der Waals surface area contributed by atoms with E-state index < -0.39 is 0 Å². The zero-order valence-corrected chi connectivity index (χ0v) is 11.8. The SMILES string of the molecule is CNc1ncccc1C(=O)Nc1cccc(N(C)C)c1. The van der Waals surface area contributed by atoms with Crippen LogP contribution in [0.3, 0.4) is 0 Å². The molecule has 1 aromatic heterocycles. The maximum Gasteiger partial charge on any atom is 0.259 e. The number of nitrogens with zero attached hydrogens (tertiary/aromatic N) is 2. The maximum absolute atomic E-state index is 12.3. The first kappa shape index (κ1) is 13.9. The van der Waals surface area contributed by atoms with Gasteiger partial charge in [0.25, 0.3) is 5.91 Å². The molecule has 5 nitrogen and oxygen atoms in total. The minimum atomic E-state index is -0.182. The van der Waals surface area contributed by atoms with Crippen molar-refractivity contribution in [1.82, 2.24) is 4.98 Å². The standard InChI is InChI=1S/C15H18N4O/c1-16-14-13(8-5-9-17-14)15(20)18-11-6-4-7-12(10-11)19(2)3/h4-10H,1-3H3,(H,16,17)(H,18,20). The summed E-state index contributed by atoms with van der Waals surface area (Å²) in [6.07, 6.45) is 1.65. The van der Waals surface area contributed by atoms with E-state index in [9.17, 15) is 4.79 Å². The summed E-state index contributed by atoms with van der Waals surface area (Å²) in [5, 5.41) is 5.79. The van der Waals surface area contributed by atoms with Gasteiger partial charge in [0.1, 0.15) is 5.82 Å². The van der Waals surface area contributed by atoms with Crippen LogP contribution in [-0.2, 0) is 0 Å². The average Bonchev–Trinajstić information content (AvgIpc) is 2.47. The van der Waals surface area contributed by atoms with Gasteiger partial charge >= 0.3 is 0 Å². The lowest BCUT2D eigenvalue weighted by atomic mass is 10.2. The lowest BCUT2D eigenvalue weighted by molar-refractivity contribution is 0.102. The second-order valence-electron chi connectivity index (χ2n) is 4.55. The molecular formula is C15H18N4O. The van der Waals surface area contributed by atoms with E-state index in [4.69, 9.17) is 0 Å². The molecule has 20 heavy (non-hydrogen) atoms. The fraction of sp³-hybridized carbons (Fsp3) is 0.200. The molecule has 0 radical (unpaired) electrons. The summed E-state index contributed by atoms with van der Waals surface area (Å²) in [7, 11) is 5.66. The third kappa shape index (κ3) is 3.06. The molecule has 1 heterocycles. The minimum Gasteiger partial charge on any atom is -0.378 e. The molecule has 2 aromatic rings. The number of carbonyl (C=O) groups is 1. The third-order valence-corrected chi connectivity index (χ3v) is 2.91. The smallest absolute Gasteiger partial charge is 0.259 e. The van der Waals surface area contributed by atoms with E-state index in [0.717, 1.165) is 11.4 Å². The number of carbonyl (C=O) groups excluding carboxylic acids is 1. The van der Waals surface area contributed by atoms with Crippen molar-refractivity contribution in [2.24, 2.45) is 0 Å². The van der Waals surface area contributed by atoms with Crippen molar-refractivity contribution >= 4 is 23.1 Å². The summed E-state index contributed by atoms with van der Waals surface area (Å²) in [6, 6.07) is 11.2. The maximum atomic E-state index is 12.3. The number of nitrogens with one attached hydrogen (secondary N) is 2. The highest BCUT2D eigenvalue weighted by molar-refractivity contribution is 6.07. The van der Waals surface area contributed by atoms with E-state index >= 15 is 0 Å². The van der Waals surface area contributed by atoms with E-state index in [2.05, 4.69) is 15.6 Å². The Bertz CT molecular complexity index is 610. The van der Waals surface area contributed by atoms with Crippen LogP contribution in [0, 0.1) is 0 Å². The largest absolute Gasteiger partial charge is 0.378 e. The quantitative estimate of drug-likeness (QED) is 0.896. The van der Waals surface area contributed by atoms with Crippen LogP contribution in [0.4, 0.5) is 17.2 Å². The second kappa shape index (κ2) is 6.06. The zero-order valence-electron chi connectivity index (χ0n) is 11.8. The van der Waals surface area contributed by atoms with Crippen LogP contribution < -0.4 is 15.5 Å². The number of rotatable bonds is 4. The predicted molar refractivity (Wildman–Crippen MR) is 82.5 cm³/mol. The van der Waals surface area contributed by atoms with Crippen molar-refractivity contribution < 1.29 is 4.79 Å². The van der Waals surface area contributed by atoms with Crippen LogP contribution in [-0.4, -0.2) is 32.0 Å². The second-order valence-corrected chi connectivity index (χ2v) is 4.55. The molecule has 2 rings (SSSR count). The van der Waals surface area contributed by atoms with Crippen LogP contribution in [0.5, 0.6) is 0 Å². The van der Waals surface area contributed by atoms with E-state index in [1.807, 2.05) is 43.3 Å². The van der Waals surface area contributed by atoms with Crippen molar-refractivity contribution in [1.29, 1.82) is 0 Å². The molecule has 0 bridgehead atoms. The lowest BCUT2D eigenvalue weighted by Crippen LogP contribution is -2.15. The van der Waals surface area contributed by atoms with Gasteiger partial charge in [0.05, 0.1) is 5.56 Å². The number of amides is 1. The highest BCUT2D eigenvalue weighted by Crippen LogP contribution is 2.19. The molecular weight excluding hydrogens is 252 g/mol. The lowest BCUT2D eigenvalue weighted by Gasteiger charge is -2.14. The molecule has 0 fully saturated rings. The fourth-order valence-corrected chi connectivity index (χ4v) is 1.85. The Morgan fingerprint density at radius 3 is 2.70 bits per heavy atom. The molecule has 0 saturated carbocycles. The van der Waals surface area contributed by atoms with Crippen molar-refractivity contribution in [2.75, 3.05) is 36.7 Å². The molecule has 0 unspecified atom stereocenters. The van der Waals surface area contributed by atoms with Crippen molar-refractivity contribution in [3.8, 4) is 0 Å². The molecule has 1 amide bonds. The first-order valence-electron chi connectivity index (χ1n) is 6.33. The highest BCUT2D eigenvalue weighted by atomic mass is 16.1. The van der Waals surface area contributed by atoms with Gasteiger partial charge < -0.3 is 15.5 Å². The Morgan fingerprint density at radius 2 is 2.00 bits per heavy atom. The van der Waals surface area contributed by atoms with Gasteiger partial charge in [-0.05, 0) is 30.3 Å². The van der Waals surface area contributed by atoms with E-state index in [-0.39, 0.29) is 5.91 Å². The summed E-state index contributed by atoms with van der Waals surface area (Å²) in [5.74, 6) is 0.382. The van der Waals surface area contributed by atoms with Crippen LogP contribution in [0.15, 0.2) is 42.6 Å². The van der Waals surface area contributed by atoms with Gasteiger partial charge in [0, 0.05) is 38.7 Å². The number of benzene rings is 1. The van der Waals surface area contributed by atoms with Crippen molar-refractivity contribution in [2.45, 2.75) is 0 Å². The van der Waals surface area contributed by atoms with E-state index in [0.29, 0.717) is 11.4 Å². The van der Waals surface area contributed by atoms with Gasteiger partial charge in [0.15, 0.2) is 0 Å². The molecule has 0 saturated heterocycles. The van der Waals surface area contributed by atoms with Crippen molar-refractivity contribution in [3.05, 3.63) is 48.2 Å². The van der Waals surface area contributed by atoms with E-state index in [1.165, 1.54) is 0 Å². The Hall–Kier alpha value is -2.56. The Balaban J connectivity index is 2.21. The molecule has 0 aliphatic rings. The third-order valence-electron chi connectivity index (χ3n) is 2.91. The number of pyridine rings is 1. The number of aromatic nitrogens is 1. The van der Waals surface area contributed by atoms with Gasteiger partial charge in [0.2, 0.25) is 0 Å². The van der Waals surface area contributed by atoms with Crippen LogP contribution in [0.25, 0.3) is 0 Å². The first-order valence-corrected chi connectivity index (χ1v) is 6.33. The van der Waals surface area contributed by atoms with Crippen LogP contribution in [0.2, 0.25) is 0 Å². The zero-order chi connectivity index (χ0) is 14.5. The average molecular weight is 270 g/mol. The summed E-state index contributed by atoms with van der Waals surface area (Å²) in [6.45, 7) is 0. The summed E-state index contributed by atoms with van der Waals surface area (Å²) in [4.78, 5) is 18.4. The molecule has 104 valence electrons. The molecule has 0 aliphatic carbocycles. The summed E-state index contributed by atoms with van der Waals surface area (Å²) >= 11 is 0. The molecule has 0 aliphatic heterocycles. The molecule has 0 spiro atoms. The van der Waals surface area contributed by atoms with Gasteiger partial charge in [-0.25, -0.2) is 4.98 Å². The number of hydrogen-bond donors (Lipinski definition) is 2. The van der Waals surface area contributed by atoms with Gasteiger partial charge in [-0.3, -0.25) is 4.79 Å². The highest BCUT2D eigenvalue weighted by Gasteiger charge is 2.11. The predicted octanol–water partition coefficient (Wildman–Crippen LogP) is 2.44. The minimum absolute atomic E-state index is 0.182. The normalized spacial score (nSPS) is 9.95. The Morgan fingerprint density at radius 1 is 1.20 bits per heavy atom. The number of anilines is 3. The summed E-state index contributed by atoms with van der Waals surface area (Å²) < 4.78 is 0. The topological polar surface area (TPSA) is 57.3 Å². The van der Waals surface area contributed by atoms with E-state index in [1.54, 1.807) is 25.4 Å². The molecule has 1 aromatic carbocycles. The number of hydrogen-bond acceptors (Lipinski definition) is 4. The van der Waals surface area contributed by atoms with Gasteiger partial charge in [-0.2, -0.15) is 0 Å². The Kier molecular flexibility index (Phi) is 4.20. The summed E-state index contributed by atoms with van der Waals surface area (Å²) in [5.41, 5.74) is 2.31. The molecule has 0 atom stereocenters. The monoisotopic (exact) mass is 270 g/mol. The first-order chi connectivity index (χ1) is 9.61. The molecule has 2 N–H and O–H groups in total.